The Labute approximate surface area is 88.1 Å². The van der Waals surface area contributed by atoms with Crippen molar-refractivity contribution < 1.29 is 4.74 Å². The van der Waals surface area contributed by atoms with E-state index in [1.54, 1.807) is 19.5 Å². The van der Waals surface area contributed by atoms with E-state index in [1.807, 2.05) is 0 Å². The van der Waals surface area contributed by atoms with E-state index in [0.717, 1.165) is 31.6 Å². The lowest BCUT2D eigenvalue weighted by atomic mass is 10.1. The molecular formula is C10H15N3O2. The molecule has 1 aliphatic rings. The number of methoxy groups -OCH3 is 1. The van der Waals surface area contributed by atoms with Crippen molar-refractivity contribution >= 4 is 0 Å². The molecule has 0 unspecified atom stereocenters. The SMILES string of the molecule is COC1CN(CCc2cnc(=O)[nH]c2)C1. The first-order valence-corrected chi connectivity index (χ1v) is 5.06. The standard InChI is InChI=1S/C10H15N3O2/c1-15-9-6-13(7-9)3-2-8-4-11-10(14)12-5-8/h4-5,9H,2-3,6-7H2,1H3,(H,11,12,14). The number of hydrogen-bond donors (Lipinski definition) is 1. The van der Waals surface area contributed by atoms with Gasteiger partial charge in [-0.15, -0.1) is 0 Å². The summed E-state index contributed by atoms with van der Waals surface area (Å²) in [6.45, 7) is 3.01. The third-order valence-electron chi connectivity index (χ3n) is 2.70. The Kier molecular flexibility index (Phi) is 3.13. The second kappa shape index (κ2) is 4.55. The maximum atomic E-state index is 10.7. The third kappa shape index (κ3) is 2.64. The van der Waals surface area contributed by atoms with Crippen molar-refractivity contribution in [1.29, 1.82) is 0 Å². The molecule has 1 aliphatic heterocycles. The first-order chi connectivity index (χ1) is 7.28. The molecule has 0 bridgehead atoms. The van der Waals surface area contributed by atoms with E-state index in [-0.39, 0.29) is 5.69 Å². The molecule has 1 N–H and O–H groups in total. The smallest absolute Gasteiger partial charge is 0.344 e. The number of rotatable bonds is 4. The van der Waals surface area contributed by atoms with Crippen molar-refractivity contribution in [1.82, 2.24) is 14.9 Å². The molecule has 0 spiro atoms. The highest BCUT2D eigenvalue weighted by Crippen LogP contribution is 2.10. The number of hydrogen-bond acceptors (Lipinski definition) is 4. The largest absolute Gasteiger partial charge is 0.379 e. The van der Waals surface area contributed by atoms with Crippen molar-refractivity contribution in [2.24, 2.45) is 0 Å². The van der Waals surface area contributed by atoms with Gasteiger partial charge in [-0.2, -0.15) is 0 Å². The Morgan fingerprint density at radius 3 is 3.07 bits per heavy atom. The summed E-state index contributed by atoms with van der Waals surface area (Å²) in [7, 11) is 1.74. The van der Waals surface area contributed by atoms with Crippen LogP contribution in [0.2, 0.25) is 0 Å². The van der Waals surface area contributed by atoms with E-state index >= 15 is 0 Å². The number of nitrogens with one attached hydrogen (secondary N) is 1. The number of aromatic nitrogens is 2. The summed E-state index contributed by atoms with van der Waals surface area (Å²) in [4.78, 5) is 19.3. The van der Waals surface area contributed by atoms with E-state index in [9.17, 15) is 4.79 Å². The summed E-state index contributed by atoms with van der Waals surface area (Å²) in [6, 6.07) is 0. The molecule has 15 heavy (non-hydrogen) atoms. The topological polar surface area (TPSA) is 58.2 Å². The van der Waals surface area contributed by atoms with Crippen molar-refractivity contribution in [2.75, 3.05) is 26.7 Å². The summed E-state index contributed by atoms with van der Waals surface area (Å²) >= 11 is 0. The Bertz CT molecular complexity index is 351. The zero-order valence-corrected chi connectivity index (χ0v) is 8.77. The Morgan fingerprint density at radius 2 is 2.47 bits per heavy atom. The molecule has 0 radical (unpaired) electrons. The molecule has 0 saturated carbocycles. The Hall–Kier alpha value is -1.20. The molecule has 0 amide bonds. The summed E-state index contributed by atoms with van der Waals surface area (Å²) in [5, 5.41) is 0. The molecule has 2 heterocycles. The van der Waals surface area contributed by atoms with Gasteiger partial charge in [0.15, 0.2) is 0 Å². The fraction of sp³-hybridized carbons (Fsp3) is 0.600. The normalized spacial score (nSPS) is 17.7. The first kappa shape index (κ1) is 10.3. The maximum absolute atomic E-state index is 10.7. The van der Waals surface area contributed by atoms with Gasteiger partial charge in [-0.05, 0) is 12.0 Å². The lowest BCUT2D eigenvalue weighted by molar-refractivity contribution is -0.0284. The first-order valence-electron chi connectivity index (χ1n) is 5.06. The van der Waals surface area contributed by atoms with Gasteiger partial charge in [0.1, 0.15) is 0 Å². The van der Waals surface area contributed by atoms with Crippen LogP contribution in [0, 0.1) is 0 Å². The van der Waals surface area contributed by atoms with Crippen molar-refractivity contribution in [2.45, 2.75) is 12.5 Å². The predicted octanol–water partition coefficient (Wildman–Crippen LogP) is -0.357. The minimum atomic E-state index is -0.290. The third-order valence-corrected chi connectivity index (χ3v) is 2.70. The highest BCUT2D eigenvalue weighted by Gasteiger charge is 2.25. The van der Waals surface area contributed by atoms with E-state index < -0.39 is 0 Å². The summed E-state index contributed by atoms with van der Waals surface area (Å²) < 4.78 is 5.18. The van der Waals surface area contributed by atoms with Gasteiger partial charge in [-0.3, -0.25) is 4.90 Å². The van der Waals surface area contributed by atoms with E-state index in [2.05, 4.69) is 14.9 Å². The minimum Gasteiger partial charge on any atom is -0.379 e. The number of likely N-dealkylation sites (tertiary alicyclic amines) is 1. The van der Waals surface area contributed by atoms with Crippen LogP contribution in [0.5, 0.6) is 0 Å². The molecule has 1 aromatic rings. The molecule has 5 heteroatoms. The van der Waals surface area contributed by atoms with E-state index in [4.69, 9.17) is 4.74 Å². The van der Waals surface area contributed by atoms with Gasteiger partial charge >= 0.3 is 5.69 Å². The Morgan fingerprint density at radius 1 is 1.67 bits per heavy atom. The predicted molar refractivity (Wildman–Crippen MR) is 55.8 cm³/mol. The van der Waals surface area contributed by atoms with Crippen LogP contribution < -0.4 is 5.69 Å². The van der Waals surface area contributed by atoms with Crippen molar-refractivity contribution in [3.63, 3.8) is 0 Å². The summed E-state index contributed by atoms with van der Waals surface area (Å²) in [5.74, 6) is 0. The summed E-state index contributed by atoms with van der Waals surface area (Å²) in [5.41, 5.74) is 0.776. The molecule has 0 atom stereocenters. The quantitative estimate of drug-likeness (QED) is 0.736. The minimum absolute atomic E-state index is 0.290. The average molecular weight is 209 g/mol. The molecule has 82 valence electrons. The van der Waals surface area contributed by atoms with Gasteiger partial charge in [0.05, 0.1) is 6.10 Å². The van der Waals surface area contributed by atoms with Crippen LogP contribution in [0.1, 0.15) is 5.56 Å². The van der Waals surface area contributed by atoms with Gasteiger partial charge < -0.3 is 9.72 Å². The highest BCUT2D eigenvalue weighted by atomic mass is 16.5. The monoisotopic (exact) mass is 209 g/mol. The zero-order valence-electron chi connectivity index (χ0n) is 8.77. The van der Waals surface area contributed by atoms with Crippen molar-refractivity contribution in [3.05, 3.63) is 28.4 Å². The average Bonchev–Trinajstić information content (AvgIpc) is 2.19. The van der Waals surface area contributed by atoms with Crippen LogP contribution in [-0.4, -0.2) is 47.7 Å². The van der Waals surface area contributed by atoms with Gasteiger partial charge in [-0.1, -0.05) is 0 Å². The van der Waals surface area contributed by atoms with Gasteiger partial charge in [0.2, 0.25) is 0 Å². The Balaban J connectivity index is 1.75. The number of aromatic amines is 1. The molecule has 0 aliphatic carbocycles. The molecule has 1 fully saturated rings. The lowest BCUT2D eigenvalue weighted by Crippen LogP contribution is -2.52. The van der Waals surface area contributed by atoms with Gasteiger partial charge in [0, 0.05) is 39.1 Å². The van der Waals surface area contributed by atoms with Crippen LogP contribution >= 0.6 is 0 Å². The van der Waals surface area contributed by atoms with Crippen molar-refractivity contribution in [3.8, 4) is 0 Å². The molecule has 1 saturated heterocycles. The van der Waals surface area contributed by atoms with Crippen LogP contribution in [0.15, 0.2) is 17.2 Å². The maximum Gasteiger partial charge on any atom is 0.344 e. The zero-order chi connectivity index (χ0) is 10.7. The van der Waals surface area contributed by atoms with Gasteiger partial charge in [-0.25, -0.2) is 9.78 Å². The highest BCUT2D eigenvalue weighted by molar-refractivity contribution is 5.03. The van der Waals surface area contributed by atoms with Crippen LogP contribution in [-0.2, 0) is 11.2 Å². The number of H-pyrrole nitrogens is 1. The van der Waals surface area contributed by atoms with E-state index in [1.165, 1.54) is 0 Å². The molecule has 1 aromatic heterocycles. The molecular weight excluding hydrogens is 194 g/mol. The summed E-state index contributed by atoms with van der Waals surface area (Å²) in [6.07, 6.45) is 4.67. The fourth-order valence-corrected chi connectivity index (χ4v) is 1.65. The van der Waals surface area contributed by atoms with Crippen LogP contribution in [0.25, 0.3) is 0 Å². The molecule has 2 rings (SSSR count). The number of ether oxygens (including phenoxy) is 1. The van der Waals surface area contributed by atoms with Crippen LogP contribution in [0.3, 0.4) is 0 Å². The van der Waals surface area contributed by atoms with E-state index in [0.29, 0.717) is 6.10 Å². The lowest BCUT2D eigenvalue weighted by Gasteiger charge is -2.38. The second-order valence-electron chi connectivity index (χ2n) is 3.79. The number of nitrogens with zero attached hydrogens (tertiary/aromatic N) is 2. The second-order valence-corrected chi connectivity index (χ2v) is 3.79. The molecule has 0 aromatic carbocycles. The fourth-order valence-electron chi connectivity index (χ4n) is 1.65. The molecule has 5 nitrogen and oxygen atoms in total. The van der Waals surface area contributed by atoms with Gasteiger partial charge in [0.25, 0.3) is 0 Å². The van der Waals surface area contributed by atoms with Crippen LogP contribution in [0.4, 0.5) is 0 Å².